The van der Waals surface area contributed by atoms with Crippen molar-refractivity contribution in [2.75, 3.05) is 5.75 Å². The molecule has 13 heteroatoms. The number of amides is 4. The van der Waals surface area contributed by atoms with Gasteiger partial charge in [-0.15, -0.1) is 0 Å². The lowest BCUT2D eigenvalue weighted by atomic mass is 10.0. The number of carbonyl (C=O) groups is 5. The Balaban J connectivity index is 2.23. The third kappa shape index (κ3) is 9.06. The van der Waals surface area contributed by atoms with E-state index in [1.165, 1.54) is 0 Å². The zero-order valence-corrected chi connectivity index (χ0v) is 22.3. The average Bonchev–Trinajstić information content (AvgIpc) is 3.27. The van der Waals surface area contributed by atoms with Crippen molar-refractivity contribution < 1.29 is 29.1 Å². The summed E-state index contributed by atoms with van der Waals surface area (Å²) < 4.78 is 0. The van der Waals surface area contributed by atoms with Crippen molar-refractivity contribution in [1.82, 2.24) is 20.9 Å². The number of nitrogens with one attached hydrogen (secondary N) is 4. The summed E-state index contributed by atoms with van der Waals surface area (Å²) in [6, 6.07) is 2.90. The van der Waals surface area contributed by atoms with Gasteiger partial charge in [0.25, 0.3) is 0 Å². The number of carboxylic acid groups (broad SMARTS) is 1. The van der Waals surface area contributed by atoms with E-state index in [4.69, 9.17) is 11.5 Å². The molecule has 0 radical (unpaired) electrons. The number of thiol groups is 1. The second kappa shape index (κ2) is 14.4. The first-order valence-corrected chi connectivity index (χ1v) is 12.9. The number of benzene rings is 1. The lowest BCUT2D eigenvalue weighted by molar-refractivity contribution is -0.142. The number of para-hydroxylation sites is 1. The molecule has 0 saturated heterocycles. The number of aliphatic carboxylic acids is 1. The Morgan fingerprint density at radius 1 is 0.974 bits per heavy atom. The van der Waals surface area contributed by atoms with E-state index < -0.39 is 53.8 Å². The molecule has 2 rings (SSSR count). The maximum absolute atomic E-state index is 13.3. The summed E-state index contributed by atoms with van der Waals surface area (Å²) in [6.07, 6.45) is 1.88. The van der Waals surface area contributed by atoms with Gasteiger partial charge in [-0.05, 0) is 30.4 Å². The van der Waals surface area contributed by atoms with E-state index >= 15 is 0 Å². The predicted octanol–water partition coefficient (Wildman–Crippen LogP) is -0.182. The van der Waals surface area contributed by atoms with E-state index in [2.05, 4.69) is 33.6 Å². The number of aromatic nitrogens is 1. The molecule has 0 aliphatic carbocycles. The SMILES string of the molecule is CC(C)CC(NC(=O)C(Cc1c[nH]c2ccccc12)NC(=O)C(CS)NC(=O)C(N)CCC(N)=O)C(=O)O. The topological polar surface area (TPSA) is 210 Å². The predicted molar refractivity (Wildman–Crippen MR) is 145 cm³/mol. The van der Waals surface area contributed by atoms with E-state index in [0.29, 0.717) is 0 Å². The molecule has 208 valence electrons. The Bertz CT molecular complexity index is 1150. The largest absolute Gasteiger partial charge is 0.480 e. The van der Waals surface area contributed by atoms with Gasteiger partial charge in [-0.1, -0.05) is 32.0 Å². The number of hydrogen-bond donors (Lipinski definition) is 8. The fraction of sp³-hybridized carbons (Fsp3) is 0.480. The lowest BCUT2D eigenvalue weighted by Crippen LogP contribution is -2.58. The van der Waals surface area contributed by atoms with Crippen LogP contribution in [0.1, 0.15) is 38.7 Å². The molecule has 0 saturated carbocycles. The van der Waals surface area contributed by atoms with Crippen LogP contribution in [0.15, 0.2) is 30.5 Å². The molecule has 0 aliphatic rings. The summed E-state index contributed by atoms with van der Waals surface area (Å²) in [5.74, 6) is -3.96. The van der Waals surface area contributed by atoms with Crippen LogP contribution in [-0.4, -0.2) is 69.6 Å². The van der Waals surface area contributed by atoms with Gasteiger partial charge in [0.1, 0.15) is 18.1 Å². The molecule has 0 bridgehead atoms. The fourth-order valence-corrected chi connectivity index (χ4v) is 4.13. The van der Waals surface area contributed by atoms with Crippen molar-refractivity contribution in [3.8, 4) is 0 Å². The molecule has 12 nitrogen and oxygen atoms in total. The number of hydrogen-bond acceptors (Lipinski definition) is 7. The molecule has 0 aliphatic heterocycles. The van der Waals surface area contributed by atoms with E-state index in [0.717, 1.165) is 16.5 Å². The molecule has 1 aromatic heterocycles. The molecule has 1 aromatic carbocycles. The van der Waals surface area contributed by atoms with E-state index in [9.17, 15) is 29.1 Å². The van der Waals surface area contributed by atoms with Gasteiger partial charge in [0.05, 0.1) is 6.04 Å². The van der Waals surface area contributed by atoms with Gasteiger partial charge in [-0.25, -0.2) is 4.79 Å². The van der Waals surface area contributed by atoms with Crippen LogP contribution >= 0.6 is 12.6 Å². The van der Waals surface area contributed by atoms with Crippen molar-refractivity contribution in [2.45, 2.75) is 63.7 Å². The quantitative estimate of drug-likeness (QED) is 0.141. The van der Waals surface area contributed by atoms with Crippen LogP contribution in [0, 0.1) is 5.92 Å². The Hall–Kier alpha value is -3.58. The molecular weight excluding hydrogens is 512 g/mol. The average molecular weight is 549 g/mol. The number of rotatable bonds is 15. The van der Waals surface area contributed by atoms with Crippen LogP contribution in [0.4, 0.5) is 0 Å². The number of carbonyl (C=O) groups excluding carboxylic acids is 4. The van der Waals surface area contributed by atoms with Crippen LogP contribution in [0.2, 0.25) is 0 Å². The number of H-pyrrole nitrogens is 1. The van der Waals surface area contributed by atoms with E-state index in [1.54, 1.807) is 6.20 Å². The molecule has 0 fully saturated rings. The zero-order valence-electron chi connectivity index (χ0n) is 21.4. The number of nitrogens with two attached hydrogens (primary N) is 2. The number of primary amides is 1. The fourth-order valence-electron chi connectivity index (χ4n) is 3.87. The highest BCUT2D eigenvalue weighted by Crippen LogP contribution is 2.19. The first-order chi connectivity index (χ1) is 17.9. The molecule has 9 N–H and O–H groups in total. The molecule has 0 spiro atoms. The number of fused-ring (bicyclic) bond motifs is 1. The third-order valence-electron chi connectivity index (χ3n) is 5.91. The number of aromatic amines is 1. The van der Waals surface area contributed by atoms with Crippen LogP contribution in [-0.2, 0) is 30.4 Å². The molecule has 1 heterocycles. The van der Waals surface area contributed by atoms with Crippen molar-refractivity contribution >= 4 is 53.1 Å². The van der Waals surface area contributed by atoms with Gasteiger partial charge in [0.15, 0.2) is 0 Å². The summed E-state index contributed by atoms with van der Waals surface area (Å²) in [4.78, 5) is 64.6. The Morgan fingerprint density at radius 3 is 2.18 bits per heavy atom. The first kappa shape index (κ1) is 30.6. The second-order valence-electron chi connectivity index (χ2n) is 9.51. The third-order valence-corrected chi connectivity index (χ3v) is 6.27. The minimum absolute atomic E-state index is 0.0000990. The van der Waals surface area contributed by atoms with Gasteiger partial charge < -0.3 is 37.5 Å². The van der Waals surface area contributed by atoms with Crippen LogP contribution in [0.5, 0.6) is 0 Å². The Kier molecular flexibility index (Phi) is 11.6. The second-order valence-corrected chi connectivity index (χ2v) is 9.87. The van der Waals surface area contributed by atoms with Crippen molar-refractivity contribution in [3.05, 3.63) is 36.0 Å². The van der Waals surface area contributed by atoms with Crippen molar-refractivity contribution in [3.63, 3.8) is 0 Å². The first-order valence-electron chi connectivity index (χ1n) is 12.3. The Labute approximate surface area is 226 Å². The molecule has 4 unspecified atom stereocenters. The van der Waals surface area contributed by atoms with Gasteiger partial charge in [-0.3, -0.25) is 19.2 Å². The molecular formula is C25H36N6O6S. The van der Waals surface area contributed by atoms with Gasteiger partial charge in [0, 0.05) is 35.7 Å². The minimum Gasteiger partial charge on any atom is -0.480 e. The van der Waals surface area contributed by atoms with Crippen LogP contribution in [0.25, 0.3) is 10.9 Å². The molecule has 38 heavy (non-hydrogen) atoms. The van der Waals surface area contributed by atoms with Gasteiger partial charge in [-0.2, -0.15) is 12.6 Å². The maximum atomic E-state index is 13.3. The highest BCUT2D eigenvalue weighted by Gasteiger charge is 2.31. The number of carboxylic acids is 1. The summed E-state index contributed by atoms with van der Waals surface area (Å²) in [5, 5.41) is 18.0. The van der Waals surface area contributed by atoms with Gasteiger partial charge >= 0.3 is 5.97 Å². The maximum Gasteiger partial charge on any atom is 0.326 e. The van der Waals surface area contributed by atoms with Gasteiger partial charge in [0.2, 0.25) is 23.6 Å². The normalized spacial score (nSPS) is 14.3. The van der Waals surface area contributed by atoms with E-state index in [-0.39, 0.29) is 37.4 Å². The molecule has 4 amide bonds. The molecule has 2 aromatic rings. The summed E-state index contributed by atoms with van der Waals surface area (Å²) in [7, 11) is 0. The Morgan fingerprint density at radius 2 is 1.58 bits per heavy atom. The summed E-state index contributed by atoms with van der Waals surface area (Å²) in [6.45, 7) is 3.67. The minimum atomic E-state index is -1.19. The highest BCUT2D eigenvalue weighted by molar-refractivity contribution is 7.80. The zero-order chi connectivity index (χ0) is 28.4. The molecule has 4 atom stereocenters. The lowest BCUT2D eigenvalue weighted by Gasteiger charge is -2.25. The summed E-state index contributed by atoms with van der Waals surface area (Å²) >= 11 is 4.14. The monoisotopic (exact) mass is 548 g/mol. The summed E-state index contributed by atoms with van der Waals surface area (Å²) in [5.41, 5.74) is 12.4. The smallest absolute Gasteiger partial charge is 0.326 e. The van der Waals surface area contributed by atoms with Crippen LogP contribution < -0.4 is 27.4 Å². The van der Waals surface area contributed by atoms with Crippen molar-refractivity contribution in [1.29, 1.82) is 0 Å². The van der Waals surface area contributed by atoms with Crippen molar-refractivity contribution in [2.24, 2.45) is 17.4 Å². The standard InChI is InChI=1S/C25H36N6O6S/c1-13(2)9-19(25(36)37)30-23(34)18(10-14-11-28-17-6-4-3-5-15(14)17)29-24(35)20(12-38)31-22(33)16(26)7-8-21(27)32/h3-6,11,13,16,18-20,28,38H,7-10,12,26H2,1-2H3,(H2,27,32)(H,29,35)(H,30,34)(H,31,33)(H,36,37). The van der Waals surface area contributed by atoms with E-state index in [1.807, 2.05) is 38.1 Å². The van der Waals surface area contributed by atoms with Crippen LogP contribution in [0.3, 0.4) is 0 Å². The highest BCUT2D eigenvalue weighted by atomic mass is 32.1.